The molecular formula is C17H27N. The summed E-state index contributed by atoms with van der Waals surface area (Å²) in [4.78, 5) is 2.51. The first-order valence-electron chi connectivity index (χ1n) is 7.63. The number of hydrogen-bond donors (Lipinski definition) is 0. The molecule has 1 heteroatoms. The summed E-state index contributed by atoms with van der Waals surface area (Å²) in [5.41, 5.74) is 5.51. The lowest BCUT2D eigenvalue weighted by Gasteiger charge is -2.58. The summed E-state index contributed by atoms with van der Waals surface area (Å²) in [5, 5.41) is 0. The molecule has 0 N–H and O–H groups in total. The van der Waals surface area contributed by atoms with Gasteiger partial charge in [-0.2, -0.15) is 0 Å². The molecule has 0 saturated heterocycles. The van der Waals surface area contributed by atoms with Gasteiger partial charge >= 0.3 is 0 Å². The lowest BCUT2D eigenvalue weighted by molar-refractivity contribution is -0.0103. The van der Waals surface area contributed by atoms with Crippen LogP contribution in [0.4, 0.5) is 0 Å². The van der Waals surface area contributed by atoms with Gasteiger partial charge in [-0.15, -0.1) is 0 Å². The number of rotatable bonds is 1. The molecule has 3 aliphatic carbocycles. The number of likely N-dealkylation sites (N-methyl/N-ethyl adjacent to an activating group) is 1. The van der Waals surface area contributed by atoms with Gasteiger partial charge in [0.2, 0.25) is 0 Å². The van der Waals surface area contributed by atoms with Crippen LogP contribution in [-0.4, -0.2) is 18.5 Å². The number of fused-ring (bicyclic) bond motifs is 1. The summed E-state index contributed by atoms with van der Waals surface area (Å²) in [7, 11) is 2.29. The molecule has 0 radical (unpaired) electrons. The molecule has 1 nitrogen and oxygen atoms in total. The molecule has 1 saturated carbocycles. The van der Waals surface area contributed by atoms with Crippen LogP contribution in [0.15, 0.2) is 22.9 Å². The molecule has 100 valence electrons. The van der Waals surface area contributed by atoms with Crippen molar-refractivity contribution < 1.29 is 0 Å². The van der Waals surface area contributed by atoms with Crippen molar-refractivity contribution in [2.75, 3.05) is 13.6 Å². The van der Waals surface area contributed by atoms with Crippen LogP contribution in [0.1, 0.15) is 52.9 Å². The third-order valence-electron chi connectivity index (χ3n) is 5.80. The zero-order valence-electron chi connectivity index (χ0n) is 12.4. The van der Waals surface area contributed by atoms with Crippen LogP contribution in [0.5, 0.6) is 0 Å². The van der Waals surface area contributed by atoms with E-state index in [-0.39, 0.29) is 0 Å². The van der Waals surface area contributed by atoms with Crippen molar-refractivity contribution in [3.63, 3.8) is 0 Å². The van der Waals surface area contributed by atoms with Gasteiger partial charge in [-0.3, -0.25) is 0 Å². The van der Waals surface area contributed by atoms with Crippen LogP contribution in [0.25, 0.3) is 0 Å². The highest BCUT2D eigenvalue weighted by Gasteiger charge is 2.53. The highest BCUT2D eigenvalue weighted by Crippen LogP contribution is 2.62. The van der Waals surface area contributed by atoms with Crippen LogP contribution >= 0.6 is 0 Å². The fraction of sp³-hybridized carbons (Fsp3) is 0.765. The van der Waals surface area contributed by atoms with Crippen molar-refractivity contribution >= 4 is 0 Å². The Morgan fingerprint density at radius 3 is 2.78 bits per heavy atom. The summed E-state index contributed by atoms with van der Waals surface area (Å²) in [6.45, 7) is 8.58. The van der Waals surface area contributed by atoms with Gasteiger partial charge in [0.05, 0.1) is 0 Å². The molecule has 0 aromatic rings. The highest BCUT2D eigenvalue weighted by molar-refractivity contribution is 5.42. The molecule has 0 aromatic heterocycles. The van der Waals surface area contributed by atoms with Crippen LogP contribution in [0.2, 0.25) is 0 Å². The normalized spacial score (nSPS) is 34.9. The molecule has 1 aliphatic heterocycles. The second-order valence-corrected chi connectivity index (χ2v) is 7.21. The molecular weight excluding hydrogens is 218 g/mol. The molecule has 18 heavy (non-hydrogen) atoms. The van der Waals surface area contributed by atoms with Crippen molar-refractivity contribution in [1.82, 2.24) is 4.90 Å². The highest BCUT2D eigenvalue weighted by atomic mass is 15.1. The Bertz CT molecular complexity index is 413. The SMILES string of the molecule is CC1=C(C2=CCCCCN2C)[C@@H]2C[C@H](C1)C2(C)C. The van der Waals surface area contributed by atoms with Gasteiger partial charge < -0.3 is 4.90 Å². The molecule has 0 amide bonds. The van der Waals surface area contributed by atoms with Crippen molar-refractivity contribution in [2.45, 2.75) is 52.9 Å². The number of allylic oxidation sites excluding steroid dienone is 3. The molecule has 0 aromatic carbocycles. The minimum atomic E-state index is 0.544. The second-order valence-electron chi connectivity index (χ2n) is 7.21. The second kappa shape index (κ2) is 4.15. The largest absolute Gasteiger partial charge is 0.375 e. The molecule has 1 heterocycles. The van der Waals surface area contributed by atoms with Gasteiger partial charge in [-0.1, -0.05) is 25.5 Å². The Morgan fingerprint density at radius 2 is 2.06 bits per heavy atom. The minimum Gasteiger partial charge on any atom is -0.375 e. The summed E-state index contributed by atoms with van der Waals surface area (Å²) in [6, 6.07) is 0. The van der Waals surface area contributed by atoms with Crippen molar-refractivity contribution in [3.05, 3.63) is 22.9 Å². The fourth-order valence-corrected chi connectivity index (χ4v) is 4.35. The van der Waals surface area contributed by atoms with Crippen molar-refractivity contribution in [1.29, 1.82) is 0 Å². The third-order valence-corrected chi connectivity index (χ3v) is 5.80. The Labute approximate surface area is 112 Å². The van der Waals surface area contributed by atoms with E-state index < -0.39 is 0 Å². The monoisotopic (exact) mass is 245 g/mol. The molecule has 2 atom stereocenters. The zero-order chi connectivity index (χ0) is 12.9. The molecule has 0 spiro atoms. The van der Waals surface area contributed by atoms with E-state index in [1.54, 1.807) is 16.8 Å². The van der Waals surface area contributed by atoms with E-state index in [0.717, 1.165) is 11.8 Å². The van der Waals surface area contributed by atoms with Gasteiger partial charge in [0, 0.05) is 19.3 Å². The van der Waals surface area contributed by atoms with E-state index in [4.69, 9.17) is 0 Å². The van der Waals surface area contributed by atoms with Gasteiger partial charge in [0.15, 0.2) is 0 Å². The lowest BCUT2D eigenvalue weighted by atomic mass is 9.47. The predicted octanol–water partition coefficient (Wildman–Crippen LogP) is 4.37. The van der Waals surface area contributed by atoms with Crippen LogP contribution in [0.3, 0.4) is 0 Å². The summed E-state index contributed by atoms with van der Waals surface area (Å²) in [6.07, 6.45) is 9.26. The van der Waals surface area contributed by atoms with Gasteiger partial charge in [0.1, 0.15) is 0 Å². The summed E-state index contributed by atoms with van der Waals surface area (Å²) < 4.78 is 0. The Hall–Kier alpha value is -0.720. The quantitative estimate of drug-likeness (QED) is 0.663. The zero-order valence-corrected chi connectivity index (χ0v) is 12.4. The Balaban J connectivity index is 1.97. The van der Waals surface area contributed by atoms with E-state index in [0.29, 0.717) is 5.41 Å². The van der Waals surface area contributed by atoms with Crippen LogP contribution < -0.4 is 0 Å². The van der Waals surface area contributed by atoms with Gasteiger partial charge in [0.25, 0.3) is 0 Å². The first kappa shape index (κ1) is 12.3. The van der Waals surface area contributed by atoms with E-state index in [1.807, 2.05) is 0 Å². The smallest absolute Gasteiger partial charge is 0.0358 e. The van der Waals surface area contributed by atoms with Gasteiger partial charge in [-0.25, -0.2) is 0 Å². The fourth-order valence-electron chi connectivity index (χ4n) is 4.35. The van der Waals surface area contributed by atoms with E-state index in [2.05, 4.69) is 38.8 Å². The van der Waals surface area contributed by atoms with Crippen molar-refractivity contribution in [2.24, 2.45) is 17.3 Å². The Kier molecular flexibility index (Phi) is 2.84. The summed E-state index contributed by atoms with van der Waals surface area (Å²) >= 11 is 0. The average molecular weight is 245 g/mol. The lowest BCUT2D eigenvalue weighted by Crippen LogP contribution is -2.50. The predicted molar refractivity (Wildman–Crippen MR) is 77.3 cm³/mol. The van der Waals surface area contributed by atoms with E-state index in [1.165, 1.54) is 38.6 Å². The standard InChI is InChI=1S/C17H27N/c1-12-10-13-11-14(17(13,2)3)16(12)15-8-6-5-7-9-18(15)4/h8,13-14H,5-7,9-11H2,1-4H3/t13-,14-/m0/s1. The molecule has 4 rings (SSSR count). The maximum atomic E-state index is 2.51. The maximum absolute atomic E-state index is 2.51. The molecule has 0 unspecified atom stereocenters. The topological polar surface area (TPSA) is 3.24 Å². The van der Waals surface area contributed by atoms with Crippen LogP contribution in [-0.2, 0) is 0 Å². The Morgan fingerprint density at radius 1 is 1.28 bits per heavy atom. The number of nitrogens with zero attached hydrogens (tertiary/aromatic N) is 1. The third kappa shape index (κ3) is 1.66. The molecule has 2 bridgehead atoms. The minimum absolute atomic E-state index is 0.544. The van der Waals surface area contributed by atoms with Gasteiger partial charge in [-0.05, 0) is 61.9 Å². The van der Waals surface area contributed by atoms with E-state index >= 15 is 0 Å². The maximum Gasteiger partial charge on any atom is 0.0358 e. The first-order chi connectivity index (χ1) is 8.51. The summed E-state index contributed by atoms with van der Waals surface area (Å²) in [5.74, 6) is 1.77. The molecule has 1 fully saturated rings. The first-order valence-corrected chi connectivity index (χ1v) is 7.63. The van der Waals surface area contributed by atoms with E-state index in [9.17, 15) is 0 Å². The molecule has 4 aliphatic rings. The van der Waals surface area contributed by atoms with Crippen LogP contribution in [0, 0.1) is 17.3 Å². The van der Waals surface area contributed by atoms with Crippen molar-refractivity contribution in [3.8, 4) is 0 Å². The average Bonchev–Trinajstić information content (AvgIpc) is 2.53. The number of hydrogen-bond acceptors (Lipinski definition) is 1.